The lowest BCUT2D eigenvalue weighted by molar-refractivity contribution is 0.0697. The molecule has 2 aromatic rings. The van der Waals surface area contributed by atoms with Crippen LogP contribution in [0.3, 0.4) is 0 Å². The second-order valence-corrected chi connectivity index (χ2v) is 5.65. The van der Waals surface area contributed by atoms with Crippen LogP contribution in [0.5, 0.6) is 11.5 Å². The molecule has 1 N–H and O–H groups in total. The Bertz CT molecular complexity index is 609. The first kappa shape index (κ1) is 14.7. The molecule has 106 valence electrons. The number of hydrogen-bond acceptors (Lipinski definition) is 4. The van der Waals surface area contributed by atoms with Crippen LogP contribution in [-0.2, 0) is 0 Å². The van der Waals surface area contributed by atoms with E-state index in [1.54, 1.807) is 18.2 Å². The van der Waals surface area contributed by atoms with Crippen LogP contribution in [0.15, 0.2) is 30.3 Å². The average Bonchev–Trinajstić information content (AvgIpc) is 2.78. The molecule has 0 aliphatic rings. The van der Waals surface area contributed by atoms with Gasteiger partial charge in [-0.15, -0.1) is 11.3 Å². The van der Waals surface area contributed by atoms with E-state index in [1.807, 2.05) is 19.1 Å². The molecule has 20 heavy (non-hydrogen) atoms. The summed E-state index contributed by atoms with van der Waals surface area (Å²) in [4.78, 5) is 12.1. The molecule has 0 bridgehead atoms. The highest BCUT2D eigenvalue weighted by Crippen LogP contribution is 2.29. The third-order valence-electron chi connectivity index (χ3n) is 2.45. The van der Waals surface area contributed by atoms with E-state index in [4.69, 9.17) is 26.2 Å². The van der Waals surface area contributed by atoms with Gasteiger partial charge in [0.25, 0.3) is 0 Å². The first-order valence-electron chi connectivity index (χ1n) is 5.92. The van der Waals surface area contributed by atoms with E-state index in [0.29, 0.717) is 16.5 Å². The monoisotopic (exact) mass is 312 g/mol. The maximum Gasteiger partial charge on any atom is 0.349 e. The summed E-state index contributed by atoms with van der Waals surface area (Å²) in [6.45, 7) is 2.38. The van der Waals surface area contributed by atoms with Crippen LogP contribution < -0.4 is 9.47 Å². The van der Waals surface area contributed by atoms with Crippen molar-refractivity contribution in [3.63, 3.8) is 0 Å². The number of ether oxygens (including phenoxy) is 2. The second-order valence-electron chi connectivity index (χ2n) is 3.98. The molecule has 1 aromatic heterocycles. The highest BCUT2D eigenvalue weighted by atomic mass is 35.5. The topological polar surface area (TPSA) is 55.8 Å². The van der Waals surface area contributed by atoms with Crippen molar-refractivity contribution in [3.8, 4) is 11.5 Å². The van der Waals surface area contributed by atoms with E-state index in [2.05, 4.69) is 0 Å². The Hall–Kier alpha value is -1.72. The fourth-order valence-corrected chi connectivity index (χ4v) is 2.60. The van der Waals surface area contributed by atoms with Gasteiger partial charge in [0.2, 0.25) is 0 Å². The Morgan fingerprint density at radius 3 is 2.55 bits per heavy atom. The Morgan fingerprint density at radius 1 is 1.25 bits per heavy atom. The summed E-state index contributed by atoms with van der Waals surface area (Å²) in [5, 5.41) is 9.56. The van der Waals surface area contributed by atoms with E-state index in [0.717, 1.165) is 4.88 Å². The van der Waals surface area contributed by atoms with Crippen LogP contribution >= 0.6 is 22.9 Å². The lowest BCUT2D eigenvalue weighted by Crippen LogP contribution is -2.10. The zero-order valence-corrected chi connectivity index (χ0v) is 12.3. The molecule has 1 aromatic carbocycles. The van der Waals surface area contributed by atoms with Crippen LogP contribution in [-0.4, -0.2) is 24.3 Å². The van der Waals surface area contributed by atoms with Gasteiger partial charge in [-0.3, -0.25) is 0 Å². The zero-order chi connectivity index (χ0) is 14.5. The summed E-state index contributed by atoms with van der Waals surface area (Å²) in [6.07, 6.45) is 0. The van der Waals surface area contributed by atoms with E-state index < -0.39 is 5.97 Å². The van der Waals surface area contributed by atoms with Crippen molar-refractivity contribution in [3.05, 3.63) is 45.1 Å². The summed E-state index contributed by atoms with van der Waals surface area (Å²) >= 11 is 7.14. The molecule has 1 heterocycles. The largest absolute Gasteiger partial charge is 0.488 e. The van der Waals surface area contributed by atoms with Gasteiger partial charge in [0.1, 0.15) is 24.7 Å². The first-order valence-corrected chi connectivity index (χ1v) is 7.11. The van der Waals surface area contributed by atoms with Gasteiger partial charge in [0.15, 0.2) is 4.88 Å². The number of carboxylic acid groups (broad SMARTS) is 1. The minimum absolute atomic E-state index is 0.209. The molecule has 0 aliphatic heterocycles. The van der Waals surface area contributed by atoms with E-state index in [9.17, 15) is 4.79 Å². The highest BCUT2D eigenvalue weighted by Gasteiger charge is 2.15. The van der Waals surface area contributed by atoms with Crippen molar-refractivity contribution >= 4 is 28.9 Å². The van der Waals surface area contributed by atoms with Gasteiger partial charge < -0.3 is 14.6 Å². The molecule has 0 saturated carbocycles. The number of thiophene rings is 1. The smallest absolute Gasteiger partial charge is 0.349 e. The molecular formula is C14H13ClO4S. The van der Waals surface area contributed by atoms with Crippen LogP contribution in [0.4, 0.5) is 0 Å². The minimum atomic E-state index is -0.981. The van der Waals surface area contributed by atoms with Gasteiger partial charge >= 0.3 is 5.97 Å². The first-order chi connectivity index (χ1) is 9.58. The quantitative estimate of drug-likeness (QED) is 0.823. The second kappa shape index (κ2) is 6.63. The van der Waals surface area contributed by atoms with Crippen molar-refractivity contribution in [1.82, 2.24) is 0 Å². The molecule has 0 unspecified atom stereocenters. The number of hydrogen-bond donors (Lipinski definition) is 1. The summed E-state index contributed by atoms with van der Waals surface area (Å²) < 4.78 is 10.9. The lowest BCUT2D eigenvalue weighted by Gasteiger charge is -2.09. The molecule has 0 saturated heterocycles. The van der Waals surface area contributed by atoms with Crippen molar-refractivity contribution in [1.29, 1.82) is 0 Å². The fraction of sp³-hybridized carbons (Fsp3) is 0.214. The normalized spacial score (nSPS) is 10.3. The van der Waals surface area contributed by atoms with Crippen LogP contribution in [0.2, 0.25) is 5.02 Å². The average molecular weight is 313 g/mol. The highest BCUT2D eigenvalue weighted by molar-refractivity contribution is 7.14. The number of rotatable bonds is 6. The number of aryl methyl sites for hydroxylation is 1. The Kier molecular flexibility index (Phi) is 4.87. The Labute approximate surface area is 125 Å². The van der Waals surface area contributed by atoms with Crippen molar-refractivity contribution in [2.45, 2.75) is 6.92 Å². The predicted octanol–water partition coefficient (Wildman–Crippen LogP) is 3.87. The standard InChI is InChI=1S/C14H13ClO4S/c1-9-8-12(13(20-9)14(16)17)19-7-6-18-11-5-3-2-4-10(11)15/h2-5,8H,6-7H2,1H3,(H,16,17). The van der Waals surface area contributed by atoms with Crippen LogP contribution in [0, 0.1) is 6.92 Å². The third-order valence-corrected chi connectivity index (χ3v) is 3.78. The maximum atomic E-state index is 11.0. The number of carbonyl (C=O) groups is 1. The van der Waals surface area contributed by atoms with Gasteiger partial charge in [-0.05, 0) is 25.1 Å². The fourth-order valence-electron chi connectivity index (χ4n) is 1.61. The Balaban J connectivity index is 1.88. The molecule has 0 amide bonds. The SMILES string of the molecule is Cc1cc(OCCOc2ccccc2Cl)c(C(=O)O)s1. The molecule has 0 spiro atoms. The lowest BCUT2D eigenvalue weighted by atomic mass is 10.3. The van der Waals surface area contributed by atoms with Crippen LogP contribution in [0.25, 0.3) is 0 Å². The summed E-state index contributed by atoms with van der Waals surface area (Å²) in [5.74, 6) is -0.0226. The Morgan fingerprint density at radius 2 is 1.90 bits per heavy atom. The van der Waals surface area contributed by atoms with Gasteiger partial charge in [-0.2, -0.15) is 0 Å². The number of benzene rings is 1. The van der Waals surface area contributed by atoms with E-state index >= 15 is 0 Å². The molecule has 4 nitrogen and oxygen atoms in total. The van der Waals surface area contributed by atoms with Gasteiger partial charge in [-0.25, -0.2) is 4.79 Å². The number of halogens is 1. The molecule has 6 heteroatoms. The maximum absolute atomic E-state index is 11.0. The number of carboxylic acids is 1. The predicted molar refractivity (Wildman–Crippen MR) is 78.5 cm³/mol. The van der Waals surface area contributed by atoms with E-state index in [-0.39, 0.29) is 18.1 Å². The third kappa shape index (κ3) is 3.65. The zero-order valence-electron chi connectivity index (χ0n) is 10.8. The molecule has 0 aliphatic carbocycles. The molecule has 0 fully saturated rings. The summed E-state index contributed by atoms with van der Waals surface area (Å²) in [6, 6.07) is 8.86. The number of para-hydroxylation sites is 1. The molecular weight excluding hydrogens is 300 g/mol. The van der Waals surface area contributed by atoms with Crippen LogP contribution in [0.1, 0.15) is 14.5 Å². The van der Waals surface area contributed by atoms with E-state index in [1.165, 1.54) is 11.3 Å². The molecule has 2 rings (SSSR count). The number of aromatic carboxylic acids is 1. The van der Waals surface area contributed by atoms with Gasteiger partial charge in [-0.1, -0.05) is 23.7 Å². The minimum Gasteiger partial charge on any atom is -0.488 e. The van der Waals surface area contributed by atoms with Crippen molar-refractivity contribution in [2.24, 2.45) is 0 Å². The summed E-state index contributed by atoms with van der Waals surface area (Å²) in [5.41, 5.74) is 0. The van der Waals surface area contributed by atoms with Crippen molar-refractivity contribution < 1.29 is 19.4 Å². The van der Waals surface area contributed by atoms with Gasteiger partial charge in [0, 0.05) is 4.88 Å². The molecule has 0 radical (unpaired) electrons. The molecule has 0 atom stereocenters. The van der Waals surface area contributed by atoms with Gasteiger partial charge in [0.05, 0.1) is 5.02 Å². The summed E-state index contributed by atoms with van der Waals surface area (Å²) in [7, 11) is 0. The van der Waals surface area contributed by atoms with Crippen molar-refractivity contribution in [2.75, 3.05) is 13.2 Å².